The van der Waals surface area contributed by atoms with E-state index in [0.717, 1.165) is 18.6 Å². The fourth-order valence-electron chi connectivity index (χ4n) is 2.28. The molecule has 1 unspecified atom stereocenters. The molecule has 2 aromatic rings. The second-order valence-corrected chi connectivity index (χ2v) is 4.91. The standard InChI is InChI=1S/C17H21NO2/c1-18-15(10-13-6-8-16(19)9-7-13)11-14-4-3-5-17(12-14)20-2/h3-9,12,15,18-19H,10-11H2,1-2H3. The number of likely N-dealkylation sites (N-methyl/N-ethyl adjacent to an activating group) is 1. The van der Waals surface area contributed by atoms with Crippen molar-refractivity contribution < 1.29 is 9.84 Å². The molecular formula is C17H21NO2. The zero-order valence-electron chi connectivity index (χ0n) is 12.0. The Labute approximate surface area is 120 Å². The van der Waals surface area contributed by atoms with Crippen LogP contribution in [0.2, 0.25) is 0 Å². The van der Waals surface area contributed by atoms with Crippen molar-refractivity contribution in [3.8, 4) is 11.5 Å². The number of ether oxygens (including phenoxy) is 1. The van der Waals surface area contributed by atoms with Crippen LogP contribution in [-0.4, -0.2) is 25.3 Å². The Morgan fingerprint density at radius 2 is 1.75 bits per heavy atom. The van der Waals surface area contributed by atoms with Gasteiger partial charge in [-0.25, -0.2) is 0 Å². The molecule has 0 aromatic heterocycles. The summed E-state index contributed by atoms with van der Waals surface area (Å²) in [5.74, 6) is 1.20. The predicted octanol–water partition coefficient (Wildman–Crippen LogP) is 2.77. The third-order valence-corrected chi connectivity index (χ3v) is 3.44. The number of rotatable bonds is 6. The molecule has 0 fully saturated rings. The summed E-state index contributed by atoms with van der Waals surface area (Å²) in [5.41, 5.74) is 2.47. The highest BCUT2D eigenvalue weighted by molar-refractivity contribution is 5.30. The Bertz CT molecular complexity index is 537. The Morgan fingerprint density at radius 1 is 1.05 bits per heavy atom. The molecule has 2 N–H and O–H groups in total. The van der Waals surface area contributed by atoms with Gasteiger partial charge in [-0.15, -0.1) is 0 Å². The quantitative estimate of drug-likeness (QED) is 0.849. The van der Waals surface area contributed by atoms with Crippen molar-refractivity contribution in [1.29, 1.82) is 0 Å². The maximum atomic E-state index is 9.31. The van der Waals surface area contributed by atoms with Crippen LogP contribution in [0.5, 0.6) is 11.5 Å². The van der Waals surface area contributed by atoms with Crippen molar-refractivity contribution in [2.75, 3.05) is 14.2 Å². The van der Waals surface area contributed by atoms with Crippen LogP contribution in [-0.2, 0) is 12.8 Å². The summed E-state index contributed by atoms with van der Waals surface area (Å²) in [6.07, 6.45) is 1.86. The molecule has 106 valence electrons. The molecule has 3 nitrogen and oxygen atoms in total. The number of hydrogen-bond donors (Lipinski definition) is 2. The lowest BCUT2D eigenvalue weighted by Crippen LogP contribution is -2.29. The van der Waals surface area contributed by atoms with Gasteiger partial charge in [-0.05, 0) is 55.3 Å². The first-order valence-corrected chi connectivity index (χ1v) is 6.79. The number of phenols is 1. The molecule has 0 spiro atoms. The maximum Gasteiger partial charge on any atom is 0.119 e. The van der Waals surface area contributed by atoms with Crippen molar-refractivity contribution in [2.45, 2.75) is 18.9 Å². The summed E-state index contributed by atoms with van der Waals surface area (Å²) in [7, 11) is 3.66. The van der Waals surface area contributed by atoms with Gasteiger partial charge in [0, 0.05) is 6.04 Å². The lowest BCUT2D eigenvalue weighted by Gasteiger charge is -2.17. The van der Waals surface area contributed by atoms with E-state index < -0.39 is 0 Å². The molecule has 2 aromatic carbocycles. The van der Waals surface area contributed by atoms with Gasteiger partial charge in [0.2, 0.25) is 0 Å². The van der Waals surface area contributed by atoms with E-state index in [1.807, 2.05) is 31.3 Å². The fraction of sp³-hybridized carbons (Fsp3) is 0.294. The van der Waals surface area contributed by atoms with Crippen LogP contribution < -0.4 is 10.1 Å². The summed E-state index contributed by atoms with van der Waals surface area (Å²) < 4.78 is 5.25. The molecule has 0 amide bonds. The molecule has 1 atom stereocenters. The Morgan fingerprint density at radius 3 is 2.40 bits per heavy atom. The Balaban J connectivity index is 2.02. The molecule has 3 heteroatoms. The lowest BCUT2D eigenvalue weighted by atomic mass is 9.99. The van der Waals surface area contributed by atoms with E-state index in [0.29, 0.717) is 11.8 Å². The zero-order chi connectivity index (χ0) is 14.4. The van der Waals surface area contributed by atoms with E-state index in [9.17, 15) is 5.11 Å². The monoisotopic (exact) mass is 271 g/mol. The Hall–Kier alpha value is -2.00. The molecule has 0 aliphatic rings. The fourth-order valence-corrected chi connectivity index (χ4v) is 2.28. The molecule has 0 radical (unpaired) electrons. The highest BCUT2D eigenvalue weighted by Gasteiger charge is 2.09. The number of aromatic hydroxyl groups is 1. The average molecular weight is 271 g/mol. The van der Waals surface area contributed by atoms with Crippen molar-refractivity contribution in [3.63, 3.8) is 0 Å². The lowest BCUT2D eigenvalue weighted by molar-refractivity contribution is 0.414. The van der Waals surface area contributed by atoms with Gasteiger partial charge < -0.3 is 15.2 Å². The van der Waals surface area contributed by atoms with Crippen LogP contribution in [0.4, 0.5) is 0 Å². The van der Waals surface area contributed by atoms with Crippen LogP contribution >= 0.6 is 0 Å². The summed E-state index contributed by atoms with van der Waals surface area (Å²) >= 11 is 0. The average Bonchev–Trinajstić information content (AvgIpc) is 2.49. The summed E-state index contributed by atoms with van der Waals surface area (Å²) in [6.45, 7) is 0. The predicted molar refractivity (Wildman–Crippen MR) is 81.4 cm³/mol. The van der Waals surface area contributed by atoms with E-state index in [4.69, 9.17) is 4.74 Å². The highest BCUT2D eigenvalue weighted by Crippen LogP contribution is 2.16. The van der Waals surface area contributed by atoms with Gasteiger partial charge in [-0.2, -0.15) is 0 Å². The number of benzene rings is 2. The number of hydrogen-bond acceptors (Lipinski definition) is 3. The minimum absolute atomic E-state index is 0.308. The molecule has 2 rings (SSSR count). The van der Waals surface area contributed by atoms with Gasteiger partial charge in [0.1, 0.15) is 11.5 Å². The smallest absolute Gasteiger partial charge is 0.119 e. The number of methoxy groups -OCH3 is 1. The number of phenolic OH excluding ortho intramolecular Hbond substituents is 1. The topological polar surface area (TPSA) is 41.5 Å². The third kappa shape index (κ3) is 4.00. The molecule has 0 bridgehead atoms. The maximum absolute atomic E-state index is 9.31. The summed E-state index contributed by atoms with van der Waals surface area (Å²) in [6, 6.07) is 15.9. The second-order valence-electron chi connectivity index (χ2n) is 4.91. The van der Waals surface area contributed by atoms with E-state index >= 15 is 0 Å². The molecule has 20 heavy (non-hydrogen) atoms. The second kappa shape index (κ2) is 6.96. The summed E-state index contributed by atoms with van der Waals surface area (Å²) in [5, 5.41) is 12.7. The van der Waals surface area contributed by atoms with Gasteiger partial charge in [-0.1, -0.05) is 24.3 Å². The first kappa shape index (κ1) is 14.4. The van der Waals surface area contributed by atoms with E-state index in [1.54, 1.807) is 19.2 Å². The Kier molecular flexibility index (Phi) is 5.02. The van der Waals surface area contributed by atoms with Crippen LogP contribution in [0.3, 0.4) is 0 Å². The van der Waals surface area contributed by atoms with Crippen LogP contribution in [0, 0.1) is 0 Å². The molecule has 0 saturated heterocycles. The van der Waals surface area contributed by atoms with Crippen molar-refractivity contribution in [2.24, 2.45) is 0 Å². The van der Waals surface area contributed by atoms with Gasteiger partial charge in [0.25, 0.3) is 0 Å². The molecule has 0 aliphatic heterocycles. The van der Waals surface area contributed by atoms with Gasteiger partial charge in [0.15, 0.2) is 0 Å². The minimum atomic E-state index is 0.308. The summed E-state index contributed by atoms with van der Waals surface area (Å²) in [4.78, 5) is 0. The molecule has 0 saturated carbocycles. The number of nitrogens with one attached hydrogen (secondary N) is 1. The zero-order valence-corrected chi connectivity index (χ0v) is 12.0. The van der Waals surface area contributed by atoms with E-state index in [2.05, 4.69) is 17.4 Å². The largest absolute Gasteiger partial charge is 0.508 e. The molecule has 0 heterocycles. The van der Waals surface area contributed by atoms with Crippen molar-refractivity contribution in [1.82, 2.24) is 5.32 Å². The SMILES string of the molecule is CNC(Cc1ccc(O)cc1)Cc1cccc(OC)c1. The van der Waals surface area contributed by atoms with E-state index in [1.165, 1.54) is 11.1 Å². The third-order valence-electron chi connectivity index (χ3n) is 3.44. The first-order valence-electron chi connectivity index (χ1n) is 6.79. The van der Waals surface area contributed by atoms with Crippen LogP contribution in [0.1, 0.15) is 11.1 Å². The van der Waals surface area contributed by atoms with Crippen molar-refractivity contribution in [3.05, 3.63) is 59.7 Å². The van der Waals surface area contributed by atoms with Crippen LogP contribution in [0.25, 0.3) is 0 Å². The van der Waals surface area contributed by atoms with Crippen molar-refractivity contribution >= 4 is 0 Å². The normalized spacial score (nSPS) is 12.1. The molecular weight excluding hydrogens is 250 g/mol. The van der Waals surface area contributed by atoms with Gasteiger partial charge in [0.05, 0.1) is 7.11 Å². The van der Waals surface area contributed by atoms with Gasteiger partial charge in [-0.3, -0.25) is 0 Å². The van der Waals surface area contributed by atoms with Gasteiger partial charge >= 0.3 is 0 Å². The highest BCUT2D eigenvalue weighted by atomic mass is 16.5. The molecule has 0 aliphatic carbocycles. The minimum Gasteiger partial charge on any atom is -0.508 e. The van der Waals surface area contributed by atoms with Crippen LogP contribution in [0.15, 0.2) is 48.5 Å². The first-order chi connectivity index (χ1) is 9.71. The van der Waals surface area contributed by atoms with E-state index in [-0.39, 0.29) is 0 Å².